The molecule has 0 aromatic carbocycles. The molecule has 4 aliphatic carbocycles. The van der Waals surface area contributed by atoms with Crippen LogP contribution in [-0.4, -0.2) is 20.0 Å². The van der Waals surface area contributed by atoms with Gasteiger partial charge in [0.15, 0.2) is 0 Å². The zero-order chi connectivity index (χ0) is 16.0. The summed E-state index contributed by atoms with van der Waals surface area (Å²) in [6.45, 7) is 5.51. The minimum Gasteiger partial charge on any atom is -0.359 e. The summed E-state index contributed by atoms with van der Waals surface area (Å²) < 4.78 is 11.0. The molecule has 0 N–H and O–H groups in total. The van der Waals surface area contributed by atoms with Crippen LogP contribution < -0.4 is 0 Å². The first-order valence-electron chi connectivity index (χ1n) is 9.92. The van der Waals surface area contributed by atoms with E-state index in [0.29, 0.717) is 18.3 Å². The van der Waals surface area contributed by atoms with E-state index in [4.69, 9.17) is 9.47 Å². The van der Waals surface area contributed by atoms with Crippen molar-refractivity contribution in [2.45, 2.75) is 77.7 Å². The molecule has 4 aliphatic rings. The molecule has 0 radical (unpaired) electrons. The van der Waals surface area contributed by atoms with E-state index in [0.717, 1.165) is 23.7 Å². The fourth-order valence-corrected chi connectivity index (χ4v) is 6.95. The molecule has 4 rings (SSSR count). The normalized spacial score (nSPS) is 46.3. The second-order valence-electron chi connectivity index (χ2n) is 9.01. The van der Waals surface area contributed by atoms with Crippen molar-refractivity contribution >= 4 is 0 Å². The lowest BCUT2D eigenvalue weighted by Gasteiger charge is -2.58. The molecule has 0 bridgehead atoms. The van der Waals surface area contributed by atoms with Gasteiger partial charge in [-0.25, -0.2) is 0 Å². The smallest absolute Gasteiger partial charge is 0.146 e. The molecule has 3 fully saturated rings. The van der Waals surface area contributed by atoms with E-state index in [2.05, 4.69) is 13.8 Å². The molecule has 130 valence electrons. The standard InChI is InChI=1S/C21H34O2/c1-14-4-6-18-17(14)8-9-20-19(18)7-5-15-12-16(23-13-22-3)10-11-21(15,20)2/h15-16,18-20H,4-13H2,1-3H3/t15-,16+,18+,19-,20-,21-/m1/s1. The van der Waals surface area contributed by atoms with Crippen molar-refractivity contribution in [1.29, 1.82) is 0 Å². The van der Waals surface area contributed by atoms with Crippen molar-refractivity contribution < 1.29 is 9.47 Å². The predicted molar refractivity (Wildman–Crippen MR) is 93.1 cm³/mol. The molecular formula is C21H34O2. The quantitative estimate of drug-likeness (QED) is 0.517. The molecule has 0 aromatic heterocycles. The summed E-state index contributed by atoms with van der Waals surface area (Å²) in [5.74, 6) is 3.81. The lowest BCUT2D eigenvalue weighted by molar-refractivity contribution is -0.136. The second kappa shape index (κ2) is 6.19. The van der Waals surface area contributed by atoms with Crippen LogP contribution in [0.4, 0.5) is 0 Å². The van der Waals surface area contributed by atoms with Gasteiger partial charge in [0.05, 0.1) is 6.10 Å². The summed E-state index contributed by atoms with van der Waals surface area (Å²) in [7, 11) is 1.73. The van der Waals surface area contributed by atoms with Gasteiger partial charge in [-0.2, -0.15) is 0 Å². The first kappa shape index (κ1) is 16.1. The molecular weight excluding hydrogens is 284 g/mol. The van der Waals surface area contributed by atoms with Crippen LogP contribution in [0.15, 0.2) is 11.1 Å². The Kier molecular flexibility index (Phi) is 4.34. The molecule has 0 spiro atoms. The van der Waals surface area contributed by atoms with Gasteiger partial charge in [0.1, 0.15) is 6.79 Å². The molecule has 2 nitrogen and oxygen atoms in total. The van der Waals surface area contributed by atoms with Gasteiger partial charge in [-0.1, -0.05) is 18.1 Å². The highest BCUT2D eigenvalue weighted by atomic mass is 16.7. The third-order valence-electron chi connectivity index (χ3n) is 8.19. The maximum absolute atomic E-state index is 5.92. The van der Waals surface area contributed by atoms with E-state index in [1.165, 1.54) is 57.8 Å². The number of rotatable bonds is 3. The van der Waals surface area contributed by atoms with E-state index in [9.17, 15) is 0 Å². The molecule has 0 saturated heterocycles. The Morgan fingerprint density at radius 1 is 1.09 bits per heavy atom. The third kappa shape index (κ3) is 2.61. The molecule has 2 heteroatoms. The van der Waals surface area contributed by atoms with Gasteiger partial charge in [0.2, 0.25) is 0 Å². The molecule has 3 saturated carbocycles. The number of fused-ring (bicyclic) bond motifs is 5. The van der Waals surface area contributed by atoms with Crippen molar-refractivity contribution in [3.63, 3.8) is 0 Å². The van der Waals surface area contributed by atoms with Crippen molar-refractivity contribution in [2.24, 2.45) is 29.1 Å². The Hall–Kier alpha value is -0.340. The van der Waals surface area contributed by atoms with Crippen LogP contribution in [0.2, 0.25) is 0 Å². The van der Waals surface area contributed by atoms with Crippen LogP contribution >= 0.6 is 0 Å². The van der Waals surface area contributed by atoms with Gasteiger partial charge in [-0.05, 0) is 93.8 Å². The largest absolute Gasteiger partial charge is 0.359 e. The summed E-state index contributed by atoms with van der Waals surface area (Å²) in [6, 6.07) is 0. The fraction of sp³-hybridized carbons (Fsp3) is 0.905. The van der Waals surface area contributed by atoms with Gasteiger partial charge in [0.25, 0.3) is 0 Å². The Balaban J connectivity index is 1.50. The predicted octanol–water partition coefficient (Wildman–Crippen LogP) is 5.33. The van der Waals surface area contributed by atoms with Crippen molar-refractivity contribution in [3.05, 3.63) is 11.1 Å². The fourth-order valence-electron chi connectivity index (χ4n) is 6.95. The van der Waals surface area contributed by atoms with Gasteiger partial charge in [0, 0.05) is 7.11 Å². The minimum absolute atomic E-state index is 0.442. The molecule has 0 aliphatic heterocycles. The SMILES string of the molecule is COCO[C@H]1CC[C@]2(C)[C@H](CC[C@H]3[C@H]2CCC2=C(C)CC[C@@H]23)C1. The van der Waals surface area contributed by atoms with Gasteiger partial charge in [-0.15, -0.1) is 0 Å². The monoisotopic (exact) mass is 318 g/mol. The van der Waals surface area contributed by atoms with Crippen molar-refractivity contribution in [1.82, 2.24) is 0 Å². The Labute approximate surface area is 142 Å². The van der Waals surface area contributed by atoms with E-state index >= 15 is 0 Å². The highest BCUT2D eigenvalue weighted by Crippen LogP contribution is 2.62. The third-order valence-corrected chi connectivity index (χ3v) is 8.19. The van der Waals surface area contributed by atoms with Crippen molar-refractivity contribution in [2.75, 3.05) is 13.9 Å². The summed E-state index contributed by atoms with van der Waals surface area (Å²) >= 11 is 0. The van der Waals surface area contributed by atoms with Crippen LogP contribution in [0.25, 0.3) is 0 Å². The van der Waals surface area contributed by atoms with Crippen LogP contribution in [0.1, 0.15) is 71.6 Å². The zero-order valence-electron chi connectivity index (χ0n) is 15.3. The first-order valence-corrected chi connectivity index (χ1v) is 9.92. The summed E-state index contributed by atoms with van der Waals surface area (Å²) in [5, 5.41) is 0. The number of methoxy groups -OCH3 is 1. The molecule has 0 aromatic rings. The second-order valence-corrected chi connectivity index (χ2v) is 9.01. The maximum atomic E-state index is 5.92. The average molecular weight is 319 g/mol. The first-order chi connectivity index (χ1) is 11.1. The van der Waals surface area contributed by atoms with E-state index in [1.54, 1.807) is 12.7 Å². The van der Waals surface area contributed by atoms with Crippen LogP contribution in [-0.2, 0) is 9.47 Å². The Morgan fingerprint density at radius 3 is 2.78 bits per heavy atom. The van der Waals surface area contributed by atoms with Gasteiger partial charge < -0.3 is 9.47 Å². The molecule has 0 unspecified atom stereocenters. The van der Waals surface area contributed by atoms with Crippen LogP contribution in [0.3, 0.4) is 0 Å². The van der Waals surface area contributed by atoms with E-state index in [1.807, 2.05) is 5.57 Å². The molecule has 0 amide bonds. The highest BCUT2D eigenvalue weighted by Gasteiger charge is 2.54. The lowest BCUT2D eigenvalue weighted by atomic mass is 9.47. The molecule has 23 heavy (non-hydrogen) atoms. The lowest BCUT2D eigenvalue weighted by Crippen LogP contribution is -2.51. The summed E-state index contributed by atoms with van der Waals surface area (Å²) in [6.07, 6.45) is 13.0. The topological polar surface area (TPSA) is 18.5 Å². The minimum atomic E-state index is 0.442. The Morgan fingerprint density at radius 2 is 1.96 bits per heavy atom. The summed E-state index contributed by atoms with van der Waals surface area (Å²) in [4.78, 5) is 0. The molecule has 0 heterocycles. The number of hydrogen-bond donors (Lipinski definition) is 0. The zero-order valence-corrected chi connectivity index (χ0v) is 15.3. The van der Waals surface area contributed by atoms with Crippen molar-refractivity contribution in [3.8, 4) is 0 Å². The summed E-state index contributed by atoms with van der Waals surface area (Å²) in [5.41, 5.74) is 4.21. The Bertz CT molecular complexity index is 482. The number of ether oxygens (including phenoxy) is 2. The number of allylic oxidation sites excluding steroid dienone is 2. The van der Waals surface area contributed by atoms with E-state index < -0.39 is 0 Å². The van der Waals surface area contributed by atoms with Gasteiger partial charge in [-0.3, -0.25) is 0 Å². The van der Waals surface area contributed by atoms with Gasteiger partial charge >= 0.3 is 0 Å². The average Bonchev–Trinajstić information content (AvgIpc) is 2.94. The molecule has 6 atom stereocenters. The number of hydrogen-bond acceptors (Lipinski definition) is 2. The maximum Gasteiger partial charge on any atom is 0.146 e. The van der Waals surface area contributed by atoms with Crippen LogP contribution in [0.5, 0.6) is 0 Å². The van der Waals surface area contributed by atoms with E-state index in [-0.39, 0.29) is 0 Å². The highest BCUT2D eigenvalue weighted by molar-refractivity contribution is 5.25. The van der Waals surface area contributed by atoms with Crippen LogP contribution in [0, 0.1) is 29.1 Å².